The second kappa shape index (κ2) is 7.08. The Morgan fingerprint density at radius 2 is 2.13 bits per heavy atom. The molecule has 5 nitrogen and oxygen atoms in total. The van der Waals surface area contributed by atoms with E-state index in [9.17, 15) is 4.79 Å². The molecule has 0 radical (unpaired) electrons. The maximum absolute atomic E-state index is 12.6. The quantitative estimate of drug-likeness (QED) is 0.746. The van der Waals surface area contributed by atoms with Crippen molar-refractivity contribution in [1.82, 2.24) is 10.2 Å². The van der Waals surface area contributed by atoms with Crippen LogP contribution in [0.4, 0.5) is 0 Å². The third-order valence-electron chi connectivity index (χ3n) is 5.78. The van der Waals surface area contributed by atoms with Gasteiger partial charge in [-0.1, -0.05) is 27.7 Å². The lowest BCUT2D eigenvalue weighted by Gasteiger charge is -2.57. The Morgan fingerprint density at radius 3 is 2.70 bits per heavy atom. The lowest BCUT2D eigenvalue weighted by Crippen LogP contribution is -2.75. The molecule has 1 saturated carbocycles. The third-order valence-corrected chi connectivity index (χ3v) is 5.78. The Morgan fingerprint density at radius 1 is 1.43 bits per heavy atom. The van der Waals surface area contributed by atoms with E-state index in [1.54, 1.807) is 0 Å². The summed E-state index contributed by atoms with van der Waals surface area (Å²) in [7, 11) is 0. The van der Waals surface area contributed by atoms with Gasteiger partial charge in [-0.05, 0) is 31.7 Å². The Kier molecular flexibility index (Phi) is 5.75. The van der Waals surface area contributed by atoms with Crippen LogP contribution in [0.15, 0.2) is 0 Å². The lowest BCUT2D eigenvalue weighted by atomic mass is 9.54. The van der Waals surface area contributed by atoms with E-state index in [1.807, 2.05) is 20.8 Å². The smallest absolute Gasteiger partial charge is 0.240 e. The zero-order valence-corrected chi connectivity index (χ0v) is 15.5. The summed E-state index contributed by atoms with van der Waals surface area (Å²) < 4.78 is 5.70. The van der Waals surface area contributed by atoms with Gasteiger partial charge in [0.2, 0.25) is 5.91 Å². The molecular formula is C18H35N3O2. The molecule has 3 N–H and O–H groups in total. The summed E-state index contributed by atoms with van der Waals surface area (Å²) in [5, 5.41) is 3.11. The monoisotopic (exact) mass is 325 g/mol. The van der Waals surface area contributed by atoms with Gasteiger partial charge in [0.1, 0.15) is 5.54 Å². The van der Waals surface area contributed by atoms with Gasteiger partial charge < -0.3 is 20.7 Å². The molecule has 2 fully saturated rings. The van der Waals surface area contributed by atoms with Crippen LogP contribution < -0.4 is 11.1 Å². The van der Waals surface area contributed by atoms with Crippen molar-refractivity contribution in [3.05, 3.63) is 0 Å². The SMILES string of the molecule is CCOC1CC(N)(C(=O)NCC2CCN(CC(C)C)C2)C1(C)C. The maximum Gasteiger partial charge on any atom is 0.240 e. The molecule has 0 aromatic heterocycles. The summed E-state index contributed by atoms with van der Waals surface area (Å²) >= 11 is 0. The molecule has 0 aromatic rings. The summed E-state index contributed by atoms with van der Waals surface area (Å²) in [6.45, 7) is 15.3. The number of hydrogen-bond acceptors (Lipinski definition) is 4. The first-order valence-corrected chi connectivity index (χ1v) is 9.11. The summed E-state index contributed by atoms with van der Waals surface area (Å²) in [6.07, 6.45) is 1.86. The van der Waals surface area contributed by atoms with Gasteiger partial charge in [0.05, 0.1) is 6.10 Å². The van der Waals surface area contributed by atoms with Crippen LogP contribution in [0.5, 0.6) is 0 Å². The van der Waals surface area contributed by atoms with Crippen LogP contribution in [0.25, 0.3) is 0 Å². The fraction of sp³-hybridized carbons (Fsp3) is 0.944. The fourth-order valence-corrected chi connectivity index (χ4v) is 3.98. The van der Waals surface area contributed by atoms with Crippen LogP contribution in [0.3, 0.4) is 0 Å². The summed E-state index contributed by atoms with van der Waals surface area (Å²) in [5.74, 6) is 1.23. The first kappa shape index (κ1) is 18.7. The highest BCUT2D eigenvalue weighted by atomic mass is 16.5. The number of nitrogens with one attached hydrogen (secondary N) is 1. The number of nitrogens with zero attached hydrogens (tertiary/aromatic N) is 1. The highest BCUT2D eigenvalue weighted by Crippen LogP contribution is 2.49. The zero-order valence-electron chi connectivity index (χ0n) is 15.5. The second-order valence-corrected chi connectivity index (χ2v) is 8.36. The molecule has 3 atom stereocenters. The normalized spacial score (nSPS) is 33.7. The minimum Gasteiger partial charge on any atom is -0.378 e. The van der Waals surface area contributed by atoms with Crippen LogP contribution in [0, 0.1) is 17.3 Å². The molecule has 23 heavy (non-hydrogen) atoms. The van der Waals surface area contributed by atoms with Crippen LogP contribution in [0.1, 0.15) is 47.5 Å². The molecule has 1 heterocycles. The molecule has 0 aromatic carbocycles. The van der Waals surface area contributed by atoms with Gasteiger partial charge in [0.25, 0.3) is 0 Å². The predicted molar refractivity (Wildman–Crippen MR) is 93.1 cm³/mol. The Labute approximate surface area is 141 Å². The van der Waals surface area contributed by atoms with Gasteiger partial charge in [-0.25, -0.2) is 0 Å². The van der Waals surface area contributed by atoms with Crippen LogP contribution in [-0.2, 0) is 9.53 Å². The second-order valence-electron chi connectivity index (χ2n) is 8.36. The van der Waals surface area contributed by atoms with Crippen molar-refractivity contribution in [2.75, 3.05) is 32.8 Å². The van der Waals surface area contributed by atoms with Crippen molar-refractivity contribution in [3.63, 3.8) is 0 Å². The van der Waals surface area contributed by atoms with Gasteiger partial charge in [0.15, 0.2) is 0 Å². The first-order chi connectivity index (χ1) is 10.7. The highest BCUT2D eigenvalue weighted by molar-refractivity contribution is 5.88. The van der Waals surface area contributed by atoms with Gasteiger partial charge in [0, 0.05) is 38.1 Å². The molecule has 1 aliphatic carbocycles. The van der Waals surface area contributed by atoms with Crippen molar-refractivity contribution < 1.29 is 9.53 Å². The van der Waals surface area contributed by atoms with Gasteiger partial charge in [-0.2, -0.15) is 0 Å². The molecule has 5 heteroatoms. The average molecular weight is 325 g/mol. The van der Waals surface area contributed by atoms with E-state index in [2.05, 4.69) is 24.1 Å². The zero-order chi connectivity index (χ0) is 17.3. The lowest BCUT2D eigenvalue weighted by molar-refractivity contribution is -0.170. The molecule has 1 amide bonds. The number of carbonyl (C=O) groups is 1. The molecule has 1 saturated heterocycles. The predicted octanol–water partition coefficient (Wildman–Crippen LogP) is 1.61. The van der Waals surface area contributed by atoms with Crippen molar-refractivity contribution in [2.45, 2.75) is 59.1 Å². The average Bonchev–Trinajstić information content (AvgIpc) is 2.90. The minimum atomic E-state index is -0.803. The summed E-state index contributed by atoms with van der Waals surface area (Å²) in [6, 6.07) is 0. The van der Waals surface area contributed by atoms with Crippen LogP contribution in [-0.4, -0.2) is 55.2 Å². The van der Waals surface area contributed by atoms with E-state index in [1.165, 1.54) is 0 Å². The van der Waals surface area contributed by atoms with E-state index in [0.29, 0.717) is 24.9 Å². The number of rotatable bonds is 7. The molecule has 0 bridgehead atoms. The standard InChI is InChI=1S/C18H35N3O2/c1-6-23-15-9-18(19,17(15,4)5)16(22)20-10-14-7-8-21(12-14)11-13(2)3/h13-15H,6-12,19H2,1-5H3,(H,20,22). The highest BCUT2D eigenvalue weighted by Gasteiger charge is 2.62. The Balaban J connectivity index is 1.80. The van der Waals surface area contributed by atoms with Crippen molar-refractivity contribution in [2.24, 2.45) is 23.0 Å². The molecule has 2 aliphatic rings. The molecule has 0 spiro atoms. The Bertz CT molecular complexity index is 424. The molecule has 2 rings (SSSR count). The summed E-state index contributed by atoms with van der Waals surface area (Å²) in [4.78, 5) is 15.1. The van der Waals surface area contributed by atoms with Gasteiger partial charge in [-0.3, -0.25) is 4.79 Å². The topological polar surface area (TPSA) is 67.6 Å². The van der Waals surface area contributed by atoms with E-state index in [4.69, 9.17) is 10.5 Å². The van der Waals surface area contributed by atoms with E-state index in [-0.39, 0.29) is 17.4 Å². The maximum atomic E-state index is 12.6. The number of ether oxygens (including phenoxy) is 1. The number of likely N-dealkylation sites (tertiary alicyclic amines) is 1. The first-order valence-electron chi connectivity index (χ1n) is 9.11. The summed E-state index contributed by atoms with van der Waals surface area (Å²) in [5.41, 5.74) is 5.30. The van der Waals surface area contributed by atoms with E-state index >= 15 is 0 Å². The number of amides is 1. The third kappa shape index (κ3) is 3.72. The van der Waals surface area contributed by atoms with Gasteiger partial charge in [-0.15, -0.1) is 0 Å². The number of nitrogens with two attached hydrogens (primary N) is 1. The van der Waals surface area contributed by atoms with Crippen molar-refractivity contribution in [1.29, 1.82) is 0 Å². The molecular weight excluding hydrogens is 290 g/mol. The van der Waals surface area contributed by atoms with Crippen LogP contribution in [0.2, 0.25) is 0 Å². The van der Waals surface area contributed by atoms with Crippen molar-refractivity contribution in [3.8, 4) is 0 Å². The van der Waals surface area contributed by atoms with Crippen LogP contribution >= 0.6 is 0 Å². The Hall–Kier alpha value is -0.650. The largest absolute Gasteiger partial charge is 0.378 e. The molecule has 3 unspecified atom stereocenters. The molecule has 1 aliphatic heterocycles. The van der Waals surface area contributed by atoms with E-state index in [0.717, 1.165) is 32.6 Å². The molecule has 134 valence electrons. The van der Waals surface area contributed by atoms with Gasteiger partial charge >= 0.3 is 0 Å². The number of hydrogen-bond donors (Lipinski definition) is 2. The minimum absolute atomic E-state index is 0.0132. The number of carbonyl (C=O) groups excluding carboxylic acids is 1. The fourth-order valence-electron chi connectivity index (χ4n) is 3.98. The van der Waals surface area contributed by atoms with E-state index < -0.39 is 5.54 Å². The van der Waals surface area contributed by atoms with Crippen molar-refractivity contribution >= 4 is 5.91 Å².